The SMILES string of the molecule is CCc1ccc([C@H](C)NC(=O)CN(C)CC(=O)Nc2ccc(F)cc2)cc1. The number of amides is 2. The van der Waals surface area contributed by atoms with Crippen molar-refractivity contribution in [1.29, 1.82) is 0 Å². The fourth-order valence-corrected chi connectivity index (χ4v) is 2.69. The zero-order chi connectivity index (χ0) is 19.8. The van der Waals surface area contributed by atoms with Gasteiger partial charge in [0, 0.05) is 5.69 Å². The van der Waals surface area contributed by atoms with Crippen molar-refractivity contribution in [1.82, 2.24) is 10.2 Å². The number of aryl methyl sites for hydroxylation is 1. The zero-order valence-corrected chi connectivity index (χ0v) is 16.0. The Morgan fingerprint density at radius 1 is 1.00 bits per heavy atom. The Bertz CT molecular complexity index is 760. The number of nitrogens with one attached hydrogen (secondary N) is 2. The molecule has 0 unspecified atom stereocenters. The molecular formula is C21H26FN3O2. The summed E-state index contributed by atoms with van der Waals surface area (Å²) in [4.78, 5) is 25.9. The normalized spacial score (nSPS) is 11.9. The standard InChI is InChI=1S/C21H26FN3O2/c1-4-16-5-7-17(8-6-16)15(2)23-20(26)13-25(3)14-21(27)24-19-11-9-18(22)10-12-19/h5-12,15H,4,13-14H2,1-3H3,(H,23,26)(H,24,27)/t15-/m0/s1. The van der Waals surface area contributed by atoms with Gasteiger partial charge in [-0.25, -0.2) is 4.39 Å². The highest BCUT2D eigenvalue weighted by molar-refractivity contribution is 5.92. The maximum atomic E-state index is 12.9. The van der Waals surface area contributed by atoms with E-state index < -0.39 is 0 Å². The number of carbonyl (C=O) groups is 2. The minimum Gasteiger partial charge on any atom is -0.348 e. The fraction of sp³-hybridized carbons (Fsp3) is 0.333. The summed E-state index contributed by atoms with van der Waals surface area (Å²) in [5.74, 6) is -0.778. The van der Waals surface area contributed by atoms with Crippen LogP contribution in [0.5, 0.6) is 0 Å². The molecule has 5 nitrogen and oxygen atoms in total. The van der Waals surface area contributed by atoms with Crippen LogP contribution < -0.4 is 10.6 Å². The van der Waals surface area contributed by atoms with Crippen LogP contribution in [0.3, 0.4) is 0 Å². The van der Waals surface area contributed by atoms with Crippen molar-refractivity contribution in [3.05, 3.63) is 65.5 Å². The summed E-state index contributed by atoms with van der Waals surface area (Å²) in [5.41, 5.74) is 2.81. The molecule has 2 rings (SSSR count). The van der Waals surface area contributed by atoms with Gasteiger partial charge in [0.1, 0.15) is 5.82 Å². The van der Waals surface area contributed by atoms with E-state index in [1.54, 1.807) is 11.9 Å². The first-order valence-electron chi connectivity index (χ1n) is 8.99. The lowest BCUT2D eigenvalue weighted by atomic mass is 10.1. The van der Waals surface area contributed by atoms with E-state index in [2.05, 4.69) is 29.7 Å². The molecule has 1 atom stereocenters. The molecule has 0 saturated heterocycles. The Balaban J connectivity index is 1.78. The van der Waals surface area contributed by atoms with Crippen molar-refractivity contribution in [2.24, 2.45) is 0 Å². The van der Waals surface area contributed by atoms with E-state index in [1.165, 1.54) is 29.8 Å². The first-order valence-corrected chi connectivity index (χ1v) is 8.99. The summed E-state index contributed by atoms with van der Waals surface area (Å²) in [6.45, 7) is 4.20. The zero-order valence-electron chi connectivity index (χ0n) is 16.0. The highest BCUT2D eigenvalue weighted by Crippen LogP contribution is 2.13. The Kier molecular flexibility index (Phi) is 7.49. The largest absolute Gasteiger partial charge is 0.348 e. The van der Waals surface area contributed by atoms with E-state index in [0.717, 1.165) is 12.0 Å². The van der Waals surface area contributed by atoms with Gasteiger partial charge in [0.05, 0.1) is 19.1 Å². The van der Waals surface area contributed by atoms with Gasteiger partial charge in [-0.15, -0.1) is 0 Å². The summed E-state index contributed by atoms with van der Waals surface area (Å²) in [6.07, 6.45) is 0.978. The molecule has 2 aromatic carbocycles. The van der Waals surface area contributed by atoms with Gasteiger partial charge in [0.15, 0.2) is 0 Å². The van der Waals surface area contributed by atoms with Gasteiger partial charge in [-0.2, -0.15) is 0 Å². The van der Waals surface area contributed by atoms with Crippen LogP contribution in [-0.2, 0) is 16.0 Å². The predicted molar refractivity (Wildman–Crippen MR) is 105 cm³/mol. The Morgan fingerprint density at radius 2 is 1.59 bits per heavy atom. The van der Waals surface area contributed by atoms with Crippen molar-refractivity contribution in [2.45, 2.75) is 26.3 Å². The third kappa shape index (κ3) is 6.83. The third-order valence-electron chi connectivity index (χ3n) is 4.22. The van der Waals surface area contributed by atoms with Crippen molar-refractivity contribution in [3.63, 3.8) is 0 Å². The molecule has 0 aromatic heterocycles. The Morgan fingerprint density at radius 3 is 2.19 bits per heavy atom. The van der Waals surface area contributed by atoms with Gasteiger partial charge in [0.2, 0.25) is 11.8 Å². The van der Waals surface area contributed by atoms with Crippen LogP contribution in [0.2, 0.25) is 0 Å². The molecule has 2 N–H and O–H groups in total. The third-order valence-corrected chi connectivity index (χ3v) is 4.22. The lowest BCUT2D eigenvalue weighted by Crippen LogP contribution is -2.39. The summed E-state index contributed by atoms with van der Waals surface area (Å²) in [6, 6.07) is 13.6. The number of rotatable bonds is 8. The fourth-order valence-electron chi connectivity index (χ4n) is 2.69. The van der Waals surface area contributed by atoms with Crippen LogP contribution in [0.1, 0.15) is 31.0 Å². The Hall–Kier alpha value is -2.73. The van der Waals surface area contributed by atoms with Crippen molar-refractivity contribution < 1.29 is 14.0 Å². The molecule has 0 spiro atoms. The van der Waals surface area contributed by atoms with Crippen molar-refractivity contribution in [3.8, 4) is 0 Å². The predicted octanol–water partition coefficient (Wildman–Crippen LogP) is 3.14. The van der Waals surface area contributed by atoms with Gasteiger partial charge in [-0.1, -0.05) is 31.2 Å². The van der Waals surface area contributed by atoms with Gasteiger partial charge >= 0.3 is 0 Å². The topological polar surface area (TPSA) is 61.4 Å². The van der Waals surface area contributed by atoms with Crippen molar-refractivity contribution >= 4 is 17.5 Å². The van der Waals surface area contributed by atoms with Crippen LogP contribution in [0.4, 0.5) is 10.1 Å². The monoisotopic (exact) mass is 371 g/mol. The van der Waals surface area contributed by atoms with Gasteiger partial charge < -0.3 is 10.6 Å². The minimum atomic E-state index is -0.361. The number of hydrogen-bond acceptors (Lipinski definition) is 3. The smallest absolute Gasteiger partial charge is 0.238 e. The molecule has 2 amide bonds. The number of anilines is 1. The molecule has 27 heavy (non-hydrogen) atoms. The quantitative estimate of drug-likeness (QED) is 0.749. The first-order chi connectivity index (χ1) is 12.9. The molecule has 0 aliphatic carbocycles. The van der Waals surface area contributed by atoms with Crippen LogP contribution in [0, 0.1) is 5.82 Å². The Labute approximate surface area is 159 Å². The molecule has 0 radical (unpaired) electrons. The van der Waals surface area contributed by atoms with E-state index >= 15 is 0 Å². The van der Waals surface area contributed by atoms with E-state index in [-0.39, 0.29) is 36.8 Å². The second-order valence-electron chi connectivity index (χ2n) is 6.61. The minimum absolute atomic E-state index is 0.0599. The highest BCUT2D eigenvalue weighted by Gasteiger charge is 2.14. The van der Waals surface area contributed by atoms with Crippen LogP contribution in [0.15, 0.2) is 48.5 Å². The molecule has 0 fully saturated rings. The maximum absolute atomic E-state index is 12.9. The maximum Gasteiger partial charge on any atom is 0.238 e. The number of hydrogen-bond donors (Lipinski definition) is 2. The molecule has 2 aromatic rings. The number of carbonyl (C=O) groups excluding carboxylic acids is 2. The van der Waals surface area contributed by atoms with Gasteiger partial charge in [-0.3, -0.25) is 14.5 Å². The van der Waals surface area contributed by atoms with Crippen LogP contribution in [0.25, 0.3) is 0 Å². The lowest BCUT2D eigenvalue weighted by molar-refractivity contribution is -0.123. The summed E-state index contributed by atoms with van der Waals surface area (Å²) >= 11 is 0. The number of nitrogens with zero attached hydrogens (tertiary/aromatic N) is 1. The molecule has 0 aliphatic rings. The molecule has 0 bridgehead atoms. The summed E-state index contributed by atoms with van der Waals surface area (Å²) in [5, 5.41) is 5.61. The summed E-state index contributed by atoms with van der Waals surface area (Å²) < 4.78 is 12.9. The number of likely N-dealkylation sites (N-methyl/N-ethyl adjacent to an activating group) is 1. The number of benzene rings is 2. The van der Waals surface area contributed by atoms with E-state index in [0.29, 0.717) is 5.69 Å². The number of halogens is 1. The molecule has 144 valence electrons. The first kappa shape index (κ1) is 20.6. The van der Waals surface area contributed by atoms with E-state index in [9.17, 15) is 14.0 Å². The lowest BCUT2D eigenvalue weighted by Gasteiger charge is -2.19. The van der Waals surface area contributed by atoms with E-state index in [4.69, 9.17) is 0 Å². The van der Waals surface area contributed by atoms with Gasteiger partial charge in [0.25, 0.3) is 0 Å². The molecular weight excluding hydrogens is 345 g/mol. The average Bonchev–Trinajstić information content (AvgIpc) is 2.63. The van der Waals surface area contributed by atoms with Crippen molar-refractivity contribution in [2.75, 3.05) is 25.5 Å². The average molecular weight is 371 g/mol. The molecule has 6 heteroatoms. The van der Waals surface area contributed by atoms with E-state index in [1.807, 2.05) is 19.1 Å². The molecule has 0 saturated carbocycles. The van der Waals surface area contributed by atoms with Crippen LogP contribution >= 0.6 is 0 Å². The molecule has 0 heterocycles. The second kappa shape index (κ2) is 9.83. The van der Waals surface area contributed by atoms with Gasteiger partial charge in [-0.05, 0) is 55.8 Å². The highest BCUT2D eigenvalue weighted by atomic mass is 19.1. The molecule has 0 aliphatic heterocycles. The van der Waals surface area contributed by atoms with Crippen LogP contribution in [-0.4, -0.2) is 36.9 Å². The second-order valence-corrected chi connectivity index (χ2v) is 6.61. The summed E-state index contributed by atoms with van der Waals surface area (Å²) in [7, 11) is 1.70.